The average molecular weight is 521 g/mol. The van der Waals surface area contributed by atoms with Gasteiger partial charge in [0.1, 0.15) is 0 Å². The van der Waals surface area contributed by atoms with Gasteiger partial charge in [-0.1, -0.05) is 24.3 Å². The summed E-state index contributed by atoms with van der Waals surface area (Å²) in [6.45, 7) is 3.14. The number of carboxylic acids is 2. The van der Waals surface area contributed by atoms with Crippen molar-refractivity contribution in [2.45, 2.75) is 38.0 Å². The standard InChI is InChI=1S/C29H36N4O5/c34-27(35)24(18-9-11-30-15-18)14-17-3-1-4-20(13-17)32-29(38)33-25-6-2-5-21-22(25)7-8-23(21)26(28(36)37)19-10-12-31-16-19/h1-6,13,18-19,23-24,26,30-31H,7-12,14-16H2,(H,34,35)(H,36,37)(H2,32,33,38)/t18-,19-,23+,24-,26+/m0/s1. The third kappa shape index (κ3) is 5.68. The number of nitrogens with one attached hydrogen (secondary N) is 4. The fourth-order valence-electron chi connectivity index (χ4n) is 6.65. The second-order valence-electron chi connectivity index (χ2n) is 10.8. The second kappa shape index (κ2) is 11.5. The van der Waals surface area contributed by atoms with Gasteiger partial charge in [0.2, 0.25) is 0 Å². The number of urea groups is 1. The first kappa shape index (κ1) is 26.2. The molecule has 0 saturated carbocycles. The van der Waals surface area contributed by atoms with E-state index in [9.17, 15) is 24.6 Å². The lowest BCUT2D eigenvalue weighted by Crippen LogP contribution is -2.30. The fraction of sp³-hybridized carbons (Fsp3) is 0.483. The Bertz CT molecular complexity index is 1190. The number of aliphatic carboxylic acids is 2. The Balaban J connectivity index is 1.26. The van der Waals surface area contributed by atoms with Crippen molar-refractivity contribution >= 4 is 29.3 Å². The predicted molar refractivity (Wildman–Crippen MR) is 144 cm³/mol. The van der Waals surface area contributed by atoms with E-state index in [1.165, 1.54) is 0 Å². The van der Waals surface area contributed by atoms with Crippen molar-refractivity contribution in [3.05, 3.63) is 59.2 Å². The van der Waals surface area contributed by atoms with Gasteiger partial charge in [0.15, 0.2) is 0 Å². The van der Waals surface area contributed by atoms with E-state index in [0.717, 1.165) is 62.0 Å². The first-order valence-corrected chi connectivity index (χ1v) is 13.6. The quantitative estimate of drug-likeness (QED) is 0.297. The summed E-state index contributed by atoms with van der Waals surface area (Å²) < 4.78 is 0. The van der Waals surface area contributed by atoms with Gasteiger partial charge in [-0.15, -0.1) is 0 Å². The third-order valence-corrected chi connectivity index (χ3v) is 8.52. The molecular weight excluding hydrogens is 484 g/mol. The van der Waals surface area contributed by atoms with E-state index in [4.69, 9.17) is 0 Å². The van der Waals surface area contributed by atoms with Crippen LogP contribution in [0.4, 0.5) is 16.2 Å². The summed E-state index contributed by atoms with van der Waals surface area (Å²) in [5.41, 5.74) is 4.19. The summed E-state index contributed by atoms with van der Waals surface area (Å²) in [4.78, 5) is 37.0. The van der Waals surface area contributed by atoms with Crippen molar-refractivity contribution in [2.24, 2.45) is 23.7 Å². The van der Waals surface area contributed by atoms with Gasteiger partial charge in [-0.2, -0.15) is 0 Å². The number of hydrogen-bond donors (Lipinski definition) is 6. The molecule has 2 aromatic carbocycles. The lowest BCUT2D eigenvalue weighted by atomic mass is 9.78. The van der Waals surface area contributed by atoms with Crippen molar-refractivity contribution in [1.82, 2.24) is 10.6 Å². The first-order valence-electron chi connectivity index (χ1n) is 13.6. The maximum absolute atomic E-state index is 12.9. The van der Waals surface area contributed by atoms with E-state index < -0.39 is 23.8 Å². The Morgan fingerprint density at radius 3 is 2.32 bits per heavy atom. The maximum Gasteiger partial charge on any atom is 0.323 e. The zero-order valence-corrected chi connectivity index (χ0v) is 21.4. The number of benzene rings is 2. The number of carbonyl (C=O) groups is 3. The highest BCUT2D eigenvalue weighted by Gasteiger charge is 2.41. The summed E-state index contributed by atoms with van der Waals surface area (Å²) in [6.07, 6.45) is 3.61. The molecule has 2 amide bonds. The highest BCUT2D eigenvalue weighted by molar-refractivity contribution is 6.00. The molecule has 38 heavy (non-hydrogen) atoms. The maximum atomic E-state index is 12.9. The second-order valence-corrected chi connectivity index (χ2v) is 10.8. The van der Waals surface area contributed by atoms with E-state index in [0.29, 0.717) is 24.3 Å². The van der Waals surface area contributed by atoms with Crippen molar-refractivity contribution < 1.29 is 24.6 Å². The van der Waals surface area contributed by atoms with E-state index in [1.54, 1.807) is 6.07 Å². The lowest BCUT2D eigenvalue weighted by molar-refractivity contribution is -0.145. The molecule has 0 spiro atoms. The van der Waals surface area contributed by atoms with Gasteiger partial charge in [-0.05, 0) is 111 Å². The molecule has 0 unspecified atom stereocenters. The van der Waals surface area contributed by atoms with Crippen LogP contribution in [0.15, 0.2) is 42.5 Å². The van der Waals surface area contributed by atoms with Crippen molar-refractivity contribution in [3.8, 4) is 0 Å². The van der Waals surface area contributed by atoms with Crippen LogP contribution in [0.1, 0.15) is 41.9 Å². The van der Waals surface area contributed by atoms with E-state index in [-0.39, 0.29) is 23.8 Å². The number of carbonyl (C=O) groups excluding carboxylic acids is 1. The minimum absolute atomic E-state index is 0.0638. The number of hydrogen-bond acceptors (Lipinski definition) is 5. The van der Waals surface area contributed by atoms with Gasteiger partial charge in [0, 0.05) is 11.4 Å². The topological polar surface area (TPSA) is 140 Å². The molecule has 0 radical (unpaired) electrons. The molecule has 9 heteroatoms. The van der Waals surface area contributed by atoms with Gasteiger partial charge in [0.05, 0.1) is 11.8 Å². The van der Waals surface area contributed by atoms with E-state index in [2.05, 4.69) is 21.3 Å². The number of anilines is 2. The zero-order valence-electron chi connectivity index (χ0n) is 21.4. The molecule has 9 nitrogen and oxygen atoms in total. The largest absolute Gasteiger partial charge is 0.481 e. The zero-order chi connectivity index (χ0) is 26.6. The molecule has 6 N–H and O–H groups in total. The minimum atomic E-state index is -0.791. The SMILES string of the molecule is O=C(Nc1cccc(C[C@H](C(=O)O)[C@H]2CCNC2)c1)Nc1cccc2c1CC[C@H]2[C@H](C(=O)O)[C@H]1CCNC1. The highest BCUT2D eigenvalue weighted by Crippen LogP contribution is 2.45. The Hall–Kier alpha value is -3.43. The summed E-state index contributed by atoms with van der Waals surface area (Å²) >= 11 is 0. The molecule has 2 saturated heterocycles. The Labute approximate surface area is 222 Å². The average Bonchev–Trinajstić information content (AvgIpc) is 3.66. The molecule has 0 bridgehead atoms. The number of fused-ring (bicyclic) bond motifs is 1. The summed E-state index contributed by atoms with van der Waals surface area (Å²) in [5.74, 6) is -2.30. The molecule has 3 aliphatic rings. The summed E-state index contributed by atoms with van der Waals surface area (Å²) in [5, 5.41) is 32.1. The normalized spacial score (nSPS) is 23.9. The summed E-state index contributed by atoms with van der Waals surface area (Å²) in [6, 6.07) is 12.7. The predicted octanol–water partition coefficient (Wildman–Crippen LogP) is 3.52. The van der Waals surface area contributed by atoms with Gasteiger partial charge in [-0.25, -0.2) is 4.79 Å². The molecule has 2 fully saturated rings. The molecule has 1 aliphatic carbocycles. The van der Waals surface area contributed by atoms with E-state index >= 15 is 0 Å². The minimum Gasteiger partial charge on any atom is -0.481 e. The van der Waals surface area contributed by atoms with Crippen molar-refractivity contribution in [1.29, 1.82) is 0 Å². The monoisotopic (exact) mass is 520 g/mol. The van der Waals surface area contributed by atoms with Crippen LogP contribution in [0.2, 0.25) is 0 Å². The summed E-state index contributed by atoms with van der Waals surface area (Å²) in [7, 11) is 0. The van der Waals surface area contributed by atoms with Crippen LogP contribution >= 0.6 is 0 Å². The van der Waals surface area contributed by atoms with Crippen molar-refractivity contribution in [2.75, 3.05) is 36.8 Å². The molecule has 2 aliphatic heterocycles. The number of amides is 2. The first-order chi connectivity index (χ1) is 18.4. The van der Waals surface area contributed by atoms with Crippen LogP contribution in [0, 0.1) is 23.7 Å². The van der Waals surface area contributed by atoms with Crippen LogP contribution in [-0.2, 0) is 22.4 Å². The molecule has 202 valence electrons. The molecule has 2 aromatic rings. The number of rotatable bonds is 9. The van der Waals surface area contributed by atoms with Crippen LogP contribution in [0.25, 0.3) is 0 Å². The van der Waals surface area contributed by atoms with Crippen LogP contribution < -0.4 is 21.3 Å². The Morgan fingerprint density at radius 2 is 1.63 bits per heavy atom. The van der Waals surface area contributed by atoms with Crippen molar-refractivity contribution in [3.63, 3.8) is 0 Å². The van der Waals surface area contributed by atoms with Gasteiger partial charge < -0.3 is 31.5 Å². The Kier molecular flexibility index (Phi) is 7.95. The van der Waals surface area contributed by atoms with Gasteiger partial charge >= 0.3 is 18.0 Å². The molecule has 0 aromatic heterocycles. The molecule has 2 heterocycles. The van der Waals surface area contributed by atoms with Crippen LogP contribution in [0.3, 0.4) is 0 Å². The van der Waals surface area contributed by atoms with Crippen LogP contribution in [-0.4, -0.2) is 54.4 Å². The fourth-order valence-corrected chi connectivity index (χ4v) is 6.65. The third-order valence-electron chi connectivity index (χ3n) is 8.52. The Morgan fingerprint density at radius 1 is 0.895 bits per heavy atom. The highest BCUT2D eigenvalue weighted by atomic mass is 16.4. The van der Waals surface area contributed by atoms with Crippen LogP contribution in [0.5, 0.6) is 0 Å². The lowest BCUT2D eigenvalue weighted by Gasteiger charge is -2.26. The smallest absolute Gasteiger partial charge is 0.323 e. The molecule has 5 atom stereocenters. The van der Waals surface area contributed by atoms with Gasteiger partial charge in [0.25, 0.3) is 0 Å². The van der Waals surface area contributed by atoms with E-state index in [1.807, 2.05) is 36.4 Å². The number of carboxylic acid groups (broad SMARTS) is 2. The molecular formula is C29H36N4O5. The molecule has 5 rings (SSSR count). The van der Waals surface area contributed by atoms with Gasteiger partial charge in [-0.3, -0.25) is 9.59 Å².